The van der Waals surface area contributed by atoms with Crippen LogP contribution in [0.1, 0.15) is 56.3 Å². The van der Waals surface area contributed by atoms with Crippen molar-refractivity contribution in [2.45, 2.75) is 53.5 Å². The summed E-state index contributed by atoms with van der Waals surface area (Å²) in [5.74, 6) is 0. The van der Waals surface area contributed by atoms with Crippen LogP contribution in [0.25, 0.3) is 0 Å². The number of aryl methyl sites for hydroxylation is 2. The summed E-state index contributed by atoms with van der Waals surface area (Å²) in [6.07, 6.45) is 1.93. The van der Waals surface area contributed by atoms with Crippen LogP contribution in [0, 0.1) is 19.3 Å². The average molecular weight is 263 g/mol. The van der Waals surface area contributed by atoms with Crippen molar-refractivity contribution in [1.82, 2.24) is 5.32 Å². The number of aliphatic hydroxyl groups excluding tert-OH is 1. The summed E-state index contributed by atoms with van der Waals surface area (Å²) in [4.78, 5) is 0. The van der Waals surface area contributed by atoms with E-state index in [1.54, 1.807) is 0 Å². The van der Waals surface area contributed by atoms with Gasteiger partial charge in [-0.3, -0.25) is 0 Å². The number of rotatable bonds is 7. The van der Waals surface area contributed by atoms with Crippen molar-refractivity contribution in [2.24, 2.45) is 5.41 Å². The van der Waals surface area contributed by atoms with Gasteiger partial charge < -0.3 is 10.4 Å². The molecule has 1 atom stereocenters. The van der Waals surface area contributed by atoms with E-state index >= 15 is 0 Å². The molecule has 0 aliphatic carbocycles. The molecule has 0 heterocycles. The van der Waals surface area contributed by atoms with E-state index in [-0.39, 0.29) is 12.0 Å². The van der Waals surface area contributed by atoms with Crippen LogP contribution in [0.4, 0.5) is 0 Å². The highest BCUT2D eigenvalue weighted by Crippen LogP contribution is 2.24. The smallest absolute Gasteiger partial charge is 0.0431 e. The van der Waals surface area contributed by atoms with Gasteiger partial charge in [0.15, 0.2) is 0 Å². The van der Waals surface area contributed by atoms with E-state index in [1.165, 1.54) is 16.7 Å². The van der Waals surface area contributed by atoms with Crippen molar-refractivity contribution in [2.75, 3.05) is 13.2 Å². The summed E-state index contributed by atoms with van der Waals surface area (Å²) in [7, 11) is 0. The van der Waals surface area contributed by atoms with E-state index < -0.39 is 0 Å². The second-order valence-electron chi connectivity index (χ2n) is 6.45. The molecule has 0 bridgehead atoms. The molecule has 2 heteroatoms. The lowest BCUT2D eigenvalue weighted by Gasteiger charge is -2.27. The van der Waals surface area contributed by atoms with Crippen LogP contribution in [-0.4, -0.2) is 18.3 Å². The predicted octanol–water partition coefficient (Wildman–Crippen LogP) is 3.75. The fourth-order valence-electron chi connectivity index (χ4n) is 2.50. The Morgan fingerprint density at radius 1 is 1.26 bits per heavy atom. The lowest BCUT2D eigenvalue weighted by molar-refractivity contribution is 0.233. The van der Waals surface area contributed by atoms with Crippen LogP contribution >= 0.6 is 0 Å². The van der Waals surface area contributed by atoms with Gasteiger partial charge in [-0.2, -0.15) is 0 Å². The maximum atomic E-state index is 8.93. The number of aliphatic hydroxyl groups is 1. The highest BCUT2D eigenvalue weighted by Gasteiger charge is 2.18. The minimum Gasteiger partial charge on any atom is -0.396 e. The third kappa shape index (κ3) is 5.33. The second kappa shape index (κ2) is 7.06. The van der Waals surface area contributed by atoms with Gasteiger partial charge in [0.1, 0.15) is 0 Å². The van der Waals surface area contributed by atoms with Crippen molar-refractivity contribution in [3.63, 3.8) is 0 Å². The molecule has 0 amide bonds. The van der Waals surface area contributed by atoms with Gasteiger partial charge in [-0.25, -0.2) is 0 Å². The molecule has 108 valence electrons. The summed E-state index contributed by atoms with van der Waals surface area (Å²) in [6, 6.07) is 7.01. The molecule has 1 aromatic rings. The van der Waals surface area contributed by atoms with Crippen LogP contribution in [0.5, 0.6) is 0 Å². The van der Waals surface area contributed by atoms with Crippen molar-refractivity contribution < 1.29 is 5.11 Å². The SMILES string of the molecule is Cc1ccc(C(C)NCC(C)(C)CCCO)c(C)c1. The highest BCUT2D eigenvalue weighted by atomic mass is 16.2. The predicted molar refractivity (Wildman–Crippen MR) is 82.4 cm³/mol. The van der Waals surface area contributed by atoms with Crippen LogP contribution in [0.3, 0.4) is 0 Å². The van der Waals surface area contributed by atoms with E-state index in [0.717, 1.165) is 19.4 Å². The van der Waals surface area contributed by atoms with Crippen LogP contribution in [0.2, 0.25) is 0 Å². The highest BCUT2D eigenvalue weighted by molar-refractivity contribution is 5.32. The van der Waals surface area contributed by atoms with Crippen molar-refractivity contribution in [1.29, 1.82) is 0 Å². The van der Waals surface area contributed by atoms with E-state index in [1.807, 2.05) is 0 Å². The lowest BCUT2D eigenvalue weighted by Crippen LogP contribution is -2.31. The molecule has 0 fully saturated rings. The Hall–Kier alpha value is -0.860. The van der Waals surface area contributed by atoms with Crippen LogP contribution < -0.4 is 5.32 Å². The molecule has 0 aliphatic rings. The van der Waals surface area contributed by atoms with Crippen LogP contribution in [0.15, 0.2) is 18.2 Å². The fourth-order valence-corrected chi connectivity index (χ4v) is 2.50. The first-order valence-electron chi connectivity index (χ1n) is 7.27. The van der Waals surface area contributed by atoms with Gasteiger partial charge in [0, 0.05) is 19.2 Å². The first-order chi connectivity index (χ1) is 8.85. The first kappa shape index (κ1) is 16.2. The van der Waals surface area contributed by atoms with Gasteiger partial charge >= 0.3 is 0 Å². The molecule has 2 N–H and O–H groups in total. The maximum Gasteiger partial charge on any atom is 0.0431 e. The van der Waals surface area contributed by atoms with Gasteiger partial charge in [0.25, 0.3) is 0 Å². The lowest BCUT2D eigenvalue weighted by atomic mass is 9.87. The Morgan fingerprint density at radius 2 is 1.95 bits per heavy atom. The molecular weight excluding hydrogens is 234 g/mol. The number of benzene rings is 1. The minimum absolute atomic E-state index is 0.232. The molecule has 1 rings (SSSR count). The summed E-state index contributed by atoms with van der Waals surface area (Å²) >= 11 is 0. The van der Waals surface area contributed by atoms with Gasteiger partial charge in [0.2, 0.25) is 0 Å². The van der Waals surface area contributed by atoms with Crippen molar-refractivity contribution in [3.05, 3.63) is 34.9 Å². The molecular formula is C17H29NO. The Morgan fingerprint density at radius 3 is 2.53 bits per heavy atom. The molecule has 0 radical (unpaired) electrons. The van der Waals surface area contributed by atoms with E-state index in [9.17, 15) is 0 Å². The summed E-state index contributed by atoms with van der Waals surface area (Å²) in [6.45, 7) is 12.3. The Bertz CT molecular complexity index is 398. The van der Waals surface area contributed by atoms with Gasteiger partial charge in [0.05, 0.1) is 0 Å². The Balaban J connectivity index is 2.57. The largest absolute Gasteiger partial charge is 0.396 e. The second-order valence-corrected chi connectivity index (χ2v) is 6.45. The Kier molecular flexibility index (Phi) is 6.02. The normalized spacial score (nSPS) is 13.6. The molecule has 0 aliphatic heterocycles. The number of hydrogen-bond acceptors (Lipinski definition) is 2. The standard InChI is InChI=1S/C17H29NO/c1-13-7-8-16(14(2)11-13)15(3)18-12-17(4,5)9-6-10-19/h7-8,11,15,18-19H,6,9-10,12H2,1-5H3. The van der Waals surface area contributed by atoms with E-state index in [0.29, 0.717) is 6.04 Å². The molecule has 1 aromatic carbocycles. The number of nitrogens with one attached hydrogen (secondary N) is 1. The maximum absolute atomic E-state index is 8.93. The average Bonchev–Trinajstić information content (AvgIpc) is 2.34. The van der Waals surface area contributed by atoms with Gasteiger partial charge in [-0.05, 0) is 50.2 Å². The van der Waals surface area contributed by atoms with Crippen LogP contribution in [-0.2, 0) is 0 Å². The number of hydrogen-bond donors (Lipinski definition) is 2. The monoisotopic (exact) mass is 263 g/mol. The van der Waals surface area contributed by atoms with Gasteiger partial charge in [-0.15, -0.1) is 0 Å². The minimum atomic E-state index is 0.232. The molecule has 0 aromatic heterocycles. The summed E-state index contributed by atoms with van der Waals surface area (Å²) < 4.78 is 0. The van der Waals surface area contributed by atoms with Crippen molar-refractivity contribution >= 4 is 0 Å². The molecule has 0 spiro atoms. The molecule has 2 nitrogen and oxygen atoms in total. The topological polar surface area (TPSA) is 32.3 Å². The van der Waals surface area contributed by atoms with E-state index in [2.05, 4.69) is 58.1 Å². The zero-order valence-electron chi connectivity index (χ0n) is 13.1. The quantitative estimate of drug-likeness (QED) is 0.785. The zero-order chi connectivity index (χ0) is 14.5. The van der Waals surface area contributed by atoms with E-state index in [4.69, 9.17) is 5.11 Å². The molecule has 0 saturated heterocycles. The molecule has 19 heavy (non-hydrogen) atoms. The molecule has 0 saturated carbocycles. The Labute approximate surface area is 118 Å². The molecule has 1 unspecified atom stereocenters. The summed E-state index contributed by atoms with van der Waals surface area (Å²) in [5, 5.41) is 12.6. The third-order valence-electron chi connectivity index (χ3n) is 3.79. The fraction of sp³-hybridized carbons (Fsp3) is 0.647. The summed E-state index contributed by atoms with van der Waals surface area (Å²) in [5.41, 5.74) is 4.28. The first-order valence-corrected chi connectivity index (χ1v) is 7.27. The van der Waals surface area contributed by atoms with Crippen molar-refractivity contribution in [3.8, 4) is 0 Å². The third-order valence-corrected chi connectivity index (χ3v) is 3.79. The zero-order valence-corrected chi connectivity index (χ0v) is 13.1. The van der Waals surface area contributed by atoms with Gasteiger partial charge in [-0.1, -0.05) is 37.6 Å².